The van der Waals surface area contributed by atoms with E-state index >= 15 is 0 Å². The highest BCUT2D eigenvalue weighted by Gasteiger charge is 2.25. The second-order valence-corrected chi connectivity index (χ2v) is 7.39. The molecule has 146 valence electrons. The molecule has 2 aliphatic heterocycles. The minimum absolute atomic E-state index is 0.266. The van der Waals surface area contributed by atoms with Gasteiger partial charge in [0.05, 0.1) is 12.3 Å². The Morgan fingerprint density at radius 2 is 2.08 bits per heavy atom. The van der Waals surface area contributed by atoms with E-state index in [1.54, 1.807) is 6.26 Å². The Hall–Kier alpha value is -1.53. The molecule has 3 heterocycles. The molecular weight excluding hydrogens is 326 g/mol. The largest absolute Gasteiger partial charge is 0.468 e. The fourth-order valence-corrected chi connectivity index (χ4v) is 4.29. The molecule has 0 bridgehead atoms. The predicted octanol–water partition coefficient (Wildman–Crippen LogP) is 2.46. The van der Waals surface area contributed by atoms with Gasteiger partial charge in [-0.1, -0.05) is 13.3 Å². The van der Waals surface area contributed by atoms with Crippen LogP contribution in [-0.4, -0.2) is 68.1 Å². The van der Waals surface area contributed by atoms with Crippen molar-refractivity contribution in [1.82, 2.24) is 20.4 Å². The lowest BCUT2D eigenvalue weighted by molar-refractivity contribution is 0.146. The number of aliphatic imine (C=N–C) groups is 1. The standard InChI is InChI=1S/C20H35N5O/c1-3-24-13-7-9-17(24)15-22-20(21-2)23-16-18(19-10-8-14-26-19)25-11-5-4-6-12-25/h8,10,14,17-18H,3-7,9,11-13,15-16H2,1-2H3,(H2,21,22,23). The second kappa shape index (κ2) is 9.97. The van der Waals surface area contributed by atoms with Crippen molar-refractivity contribution in [1.29, 1.82) is 0 Å². The van der Waals surface area contributed by atoms with Gasteiger partial charge in [0, 0.05) is 26.2 Å². The van der Waals surface area contributed by atoms with Gasteiger partial charge in [0.25, 0.3) is 0 Å². The number of guanidine groups is 1. The van der Waals surface area contributed by atoms with Crippen molar-refractivity contribution in [2.75, 3.05) is 46.3 Å². The molecule has 1 aromatic heterocycles. The van der Waals surface area contributed by atoms with Crippen molar-refractivity contribution >= 4 is 5.96 Å². The third kappa shape index (κ3) is 5.01. The molecule has 0 amide bonds. The first kappa shape index (κ1) is 19.2. The first-order valence-corrected chi connectivity index (χ1v) is 10.3. The van der Waals surface area contributed by atoms with Gasteiger partial charge in [-0.25, -0.2) is 0 Å². The molecule has 2 aliphatic rings. The van der Waals surface area contributed by atoms with Gasteiger partial charge in [-0.05, 0) is 64.0 Å². The molecule has 2 atom stereocenters. The van der Waals surface area contributed by atoms with Crippen LogP contribution < -0.4 is 10.6 Å². The number of rotatable bonds is 7. The van der Waals surface area contributed by atoms with Crippen LogP contribution in [0.5, 0.6) is 0 Å². The molecule has 0 aliphatic carbocycles. The van der Waals surface area contributed by atoms with Crippen LogP contribution in [0.25, 0.3) is 0 Å². The topological polar surface area (TPSA) is 56.0 Å². The number of piperidine rings is 1. The van der Waals surface area contributed by atoms with Gasteiger partial charge in [0.1, 0.15) is 5.76 Å². The van der Waals surface area contributed by atoms with Crippen LogP contribution in [0.2, 0.25) is 0 Å². The second-order valence-electron chi connectivity index (χ2n) is 7.39. The van der Waals surface area contributed by atoms with E-state index in [0.717, 1.165) is 44.4 Å². The fraction of sp³-hybridized carbons (Fsp3) is 0.750. The van der Waals surface area contributed by atoms with Gasteiger partial charge >= 0.3 is 0 Å². The number of hydrogen-bond acceptors (Lipinski definition) is 4. The van der Waals surface area contributed by atoms with Crippen LogP contribution in [0, 0.1) is 0 Å². The maximum absolute atomic E-state index is 5.74. The zero-order valence-electron chi connectivity index (χ0n) is 16.4. The van der Waals surface area contributed by atoms with Gasteiger partial charge in [-0.2, -0.15) is 0 Å². The third-order valence-electron chi connectivity index (χ3n) is 5.80. The molecule has 26 heavy (non-hydrogen) atoms. The maximum Gasteiger partial charge on any atom is 0.191 e. The van der Waals surface area contributed by atoms with Crippen molar-refractivity contribution in [3.63, 3.8) is 0 Å². The summed E-state index contributed by atoms with van der Waals surface area (Å²) in [5, 5.41) is 7.06. The van der Waals surface area contributed by atoms with Crippen LogP contribution in [0.3, 0.4) is 0 Å². The fourth-order valence-electron chi connectivity index (χ4n) is 4.29. The summed E-state index contributed by atoms with van der Waals surface area (Å²) < 4.78 is 5.74. The molecule has 2 N–H and O–H groups in total. The number of likely N-dealkylation sites (tertiary alicyclic amines) is 2. The number of hydrogen-bond donors (Lipinski definition) is 2. The summed E-state index contributed by atoms with van der Waals surface area (Å²) in [4.78, 5) is 9.52. The van der Waals surface area contributed by atoms with E-state index in [1.165, 1.54) is 38.6 Å². The number of furan rings is 1. The highest BCUT2D eigenvalue weighted by molar-refractivity contribution is 5.79. The molecule has 6 nitrogen and oxygen atoms in total. The third-order valence-corrected chi connectivity index (χ3v) is 5.80. The number of nitrogens with one attached hydrogen (secondary N) is 2. The molecule has 0 spiro atoms. The van der Waals surface area contributed by atoms with E-state index in [0.29, 0.717) is 6.04 Å². The first-order valence-electron chi connectivity index (χ1n) is 10.3. The van der Waals surface area contributed by atoms with Crippen molar-refractivity contribution < 1.29 is 4.42 Å². The molecule has 3 rings (SSSR count). The van der Waals surface area contributed by atoms with Crippen molar-refractivity contribution in [2.24, 2.45) is 4.99 Å². The molecule has 0 aromatic carbocycles. The van der Waals surface area contributed by atoms with Gasteiger partial charge in [-0.15, -0.1) is 0 Å². The Bertz CT molecular complexity index is 538. The molecule has 2 unspecified atom stereocenters. The predicted molar refractivity (Wildman–Crippen MR) is 107 cm³/mol. The van der Waals surface area contributed by atoms with Crippen LogP contribution in [0.1, 0.15) is 50.8 Å². The Morgan fingerprint density at radius 3 is 2.77 bits per heavy atom. The maximum atomic E-state index is 5.74. The average molecular weight is 362 g/mol. The van der Waals surface area contributed by atoms with Gasteiger partial charge in [0.15, 0.2) is 5.96 Å². The smallest absolute Gasteiger partial charge is 0.191 e. The zero-order valence-corrected chi connectivity index (χ0v) is 16.4. The lowest BCUT2D eigenvalue weighted by Gasteiger charge is -2.34. The van der Waals surface area contributed by atoms with Crippen molar-refractivity contribution in [3.8, 4) is 0 Å². The van der Waals surface area contributed by atoms with E-state index in [4.69, 9.17) is 4.42 Å². The Balaban J connectivity index is 1.53. The van der Waals surface area contributed by atoms with Crippen LogP contribution in [0.4, 0.5) is 0 Å². The summed E-state index contributed by atoms with van der Waals surface area (Å²) in [6.07, 6.45) is 8.26. The molecule has 6 heteroatoms. The zero-order chi connectivity index (χ0) is 18.2. The SMILES string of the molecule is CCN1CCCC1CNC(=NC)NCC(c1ccco1)N1CCCCC1. The highest BCUT2D eigenvalue weighted by Crippen LogP contribution is 2.24. The van der Waals surface area contributed by atoms with Crippen LogP contribution >= 0.6 is 0 Å². The molecule has 2 saturated heterocycles. The van der Waals surface area contributed by atoms with Gasteiger partial charge < -0.3 is 15.1 Å². The van der Waals surface area contributed by atoms with E-state index in [9.17, 15) is 0 Å². The highest BCUT2D eigenvalue weighted by atomic mass is 16.3. The summed E-state index contributed by atoms with van der Waals surface area (Å²) >= 11 is 0. The number of likely N-dealkylation sites (N-methyl/N-ethyl adjacent to an activating group) is 1. The van der Waals surface area contributed by atoms with Crippen molar-refractivity contribution in [3.05, 3.63) is 24.2 Å². The van der Waals surface area contributed by atoms with Crippen LogP contribution in [0.15, 0.2) is 27.8 Å². The Morgan fingerprint density at radius 1 is 1.23 bits per heavy atom. The van der Waals surface area contributed by atoms with E-state index in [-0.39, 0.29) is 6.04 Å². The van der Waals surface area contributed by atoms with E-state index < -0.39 is 0 Å². The summed E-state index contributed by atoms with van der Waals surface area (Å²) in [7, 11) is 1.85. The summed E-state index contributed by atoms with van der Waals surface area (Å²) in [5.74, 6) is 1.93. The minimum atomic E-state index is 0.266. The summed E-state index contributed by atoms with van der Waals surface area (Å²) in [6, 6.07) is 4.97. The van der Waals surface area contributed by atoms with Crippen molar-refractivity contribution in [2.45, 2.75) is 51.1 Å². The first-order chi connectivity index (χ1) is 12.8. The molecule has 1 aromatic rings. The minimum Gasteiger partial charge on any atom is -0.468 e. The van der Waals surface area contributed by atoms with E-state index in [1.807, 2.05) is 13.1 Å². The molecular formula is C20H35N5O. The molecule has 0 radical (unpaired) electrons. The quantitative estimate of drug-likeness (QED) is 0.577. The van der Waals surface area contributed by atoms with Gasteiger partial charge in [-0.3, -0.25) is 14.8 Å². The Labute approximate surface area is 158 Å². The van der Waals surface area contributed by atoms with Crippen LogP contribution in [-0.2, 0) is 0 Å². The number of nitrogens with zero attached hydrogens (tertiary/aromatic N) is 3. The lowest BCUT2D eigenvalue weighted by Crippen LogP contribution is -2.47. The van der Waals surface area contributed by atoms with E-state index in [2.05, 4.69) is 38.4 Å². The Kier molecular flexibility index (Phi) is 7.38. The lowest BCUT2D eigenvalue weighted by atomic mass is 10.1. The molecule has 0 saturated carbocycles. The summed E-state index contributed by atoms with van der Waals surface area (Å²) in [5.41, 5.74) is 0. The van der Waals surface area contributed by atoms with Gasteiger partial charge in [0.2, 0.25) is 0 Å². The average Bonchev–Trinajstić information content (AvgIpc) is 3.37. The molecule has 2 fully saturated rings. The monoisotopic (exact) mass is 361 g/mol. The normalized spacial score (nSPS) is 23.9. The summed E-state index contributed by atoms with van der Waals surface area (Å²) in [6.45, 7) is 8.67.